The number of hydrogen-bond donors (Lipinski definition) is 0. The van der Waals surface area contributed by atoms with E-state index in [0.717, 1.165) is 0 Å². The van der Waals surface area contributed by atoms with Crippen LogP contribution in [0.3, 0.4) is 0 Å². The van der Waals surface area contributed by atoms with E-state index in [1.807, 2.05) is 0 Å². The molecule has 0 aromatic heterocycles. The maximum Gasteiger partial charge on any atom is 4.00 e. The first-order valence-electron chi connectivity index (χ1n) is 0. The van der Waals surface area contributed by atoms with Crippen molar-refractivity contribution in [2.45, 2.75) is 0 Å². The Balaban J connectivity index is 0. The number of rotatable bonds is 0. The van der Waals surface area contributed by atoms with Crippen LogP contribution in [0, 0.1) is 29.2 Å². The molecule has 0 radical (unpaired) electrons. The van der Waals surface area contributed by atoms with Gasteiger partial charge in [0, 0.05) is 0 Å². The molecular weight excluding hydrogens is 292 g/mol. The second-order valence-corrected chi connectivity index (χ2v) is 0. The zero-order valence-corrected chi connectivity index (χ0v) is 5.12. The fraction of sp³-hybridized carbons (Fsp3) is 0. The van der Waals surface area contributed by atoms with E-state index in [1.165, 1.54) is 0 Å². The number of hydrogen-bond acceptors (Lipinski definition) is 0. The molecule has 0 fully saturated rings. The maximum absolute atomic E-state index is 0. The van der Waals surface area contributed by atoms with Crippen molar-refractivity contribution in [1.82, 2.24) is 0 Å². The minimum atomic E-state index is 0. The molecule has 0 rings (SSSR count). The Morgan fingerprint density at radius 1 is 0.750 bits per heavy atom. The smallest absolute Gasteiger partial charge is 2.00 e. The van der Waals surface area contributed by atoms with E-state index in [-0.39, 0.29) is 45.6 Å². The van der Waals surface area contributed by atoms with Crippen molar-refractivity contribution in [3.8, 4) is 0 Å². The topological polar surface area (TPSA) is 88.5 Å². The standard InChI is InChI=1S/H2O.2O.Pu/h1H2;;;/q;2*-2;+4. The fourth-order valence-electron chi connectivity index (χ4n) is 0. The first-order valence-corrected chi connectivity index (χ1v) is 0. The van der Waals surface area contributed by atoms with Crippen molar-refractivity contribution in [1.29, 1.82) is 0 Å². The van der Waals surface area contributed by atoms with Gasteiger partial charge in [-0.1, -0.05) is 0 Å². The van der Waals surface area contributed by atoms with Crippen molar-refractivity contribution in [2.75, 3.05) is 0 Å². The quantitative estimate of drug-likeness (QED) is 0.545. The third-order valence-electron chi connectivity index (χ3n) is 0. The summed E-state index contributed by atoms with van der Waals surface area (Å²) in [4.78, 5) is 0. The van der Waals surface area contributed by atoms with Gasteiger partial charge in [0.15, 0.2) is 0 Å². The summed E-state index contributed by atoms with van der Waals surface area (Å²) in [7, 11) is 0. The van der Waals surface area contributed by atoms with Crippen LogP contribution in [0.5, 0.6) is 0 Å². The van der Waals surface area contributed by atoms with Crippen LogP contribution in [0.4, 0.5) is 0 Å². The largest absolute Gasteiger partial charge is 4.00 e. The average molecular weight is 294 g/mol. The summed E-state index contributed by atoms with van der Waals surface area (Å²) in [6, 6.07) is 0. The van der Waals surface area contributed by atoms with Gasteiger partial charge >= 0.3 is 29.2 Å². The Labute approximate surface area is 45.9 Å². The summed E-state index contributed by atoms with van der Waals surface area (Å²) in [6.45, 7) is 0. The molecule has 0 saturated carbocycles. The van der Waals surface area contributed by atoms with Gasteiger partial charge in [-0.25, -0.2) is 0 Å². The summed E-state index contributed by atoms with van der Waals surface area (Å²) in [5.41, 5.74) is 0. The van der Waals surface area contributed by atoms with E-state index in [2.05, 4.69) is 0 Å². The first kappa shape index (κ1) is 96.8. The molecule has 0 atom stereocenters. The summed E-state index contributed by atoms with van der Waals surface area (Å²) in [6.07, 6.45) is 0. The van der Waals surface area contributed by atoms with Gasteiger partial charge in [0.25, 0.3) is 0 Å². The first-order chi connectivity index (χ1) is 0. The maximum atomic E-state index is 0. The Kier molecular flexibility index (Phi) is 1020. The molecule has 26 valence electrons. The third kappa shape index (κ3) is 13.3. The van der Waals surface area contributed by atoms with Crippen molar-refractivity contribution in [3.05, 3.63) is 0 Å². The molecule has 0 amide bonds. The Morgan fingerprint density at radius 2 is 0.750 bits per heavy atom. The van der Waals surface area contributed by atoms with Crippen LogP contribution in [0.2, 0.25) is 0 Å². The zero-order chi connectivity index (χ0) is 0. The Hall–Kier alpha value is 0.867. The summed E-state index contributed by atoms with van der Waals surface area (Å²) in [5, 5.41) is 0. The van der Waals surface area contributed by atoms with Crippen molar-refractivity contribution >= 4 is 0 Å². The van der Waals surface area contributed by atoms with Gasteiger partial charge in [-0.05, 0) is 0 Å². The van der Waals surface area contributed by atoms with Gasteiger partial charge in [0.2, 0.25) is 0 Å². The molecule has 4 heavy (non-hydrogen) atoms. The van der Waals surface area contributed by atoms with Crippen LogP contribution in [0.15, 0.2) is 0 Å². The molecule has 0 unspecified atom stereocenters. The van der Waals surface area contributed by atoms with Crippen molar-refractivity contribution in [3.63, 3.8) is 0 Å². The SMILES string of the molecule is O.[O-2].[O-2].[Pu+4]. The van der Waals surface area contributed by atoms with Crippen molar-refractivity contribution in [2.24, 2.45) is 0 Å². The van der Waals surface area contributed by atoms with Gasteiger partial charge in [-0.3, -0.25) is 0 Å². The molecule has 0 heterocycles. The molecule has 0 aliphatic rings. The fourth-order valence-corrected chi connectivity index (χ4v) is 0. The third-order valence-corrected chi connectivity index (χ3v) is 0. The van der Waals surface area contributed by atoms with Crippen LogP contribution in [0.1, 0.15) is 0 Å². The molecule has 3 nitrogen and oxygen atoms in total. The minimum Gasteiger partial charge on any atom is -2.00 e. The van der Waals surface area contributed by atoms with Crippen LogP contribution in [-0.4, -0.2) is 5.48 Å². The second-order valence-electron chi connectivity index (χ2n) is 0. The van der Waals surface area contributed by atoms with E-state index >= 15 is 0 Å². The second kappa shape index (κ2) is 42.3. The van der Waals surface area contributed by atoms with Gasteiger partial charge in [0.1, 0.15) is 0 Å². The summed E-state index contributed by atoms with van der Waals surface area (Å²) < 4.78 is 0. The summed E-state index contributed by atoms with van der Waals surface area (Å²) in [5.74, 6) is 0. The molecule has 0 aromatic carbocycles. The molecular formula is H2O3Pu. The van der Waals surface area contributed by atoms with Crippen molar-refractivity contribution < 1.29 is 45.6 Å². The Bertz CT molecular complexity index is 3.25. The molecule has 0 spiro atoms. The van der Waals surface area contributed by atoms with E-state index in [9.17, 15) is 0 Å². The van der Waals surface area contributed by atoms with Crippen LogP contribution < -0.4 is 0 Å². The van der Waals surface area contributed by atoms with E-state index in [0.29, 0.717) is 0 Å². The molecule has 0 aromatic rings. The van der Waals surface area contributed by atoms with Gasteiger partial charge in [0.05, 0.1) is 0 Å². The average Bonchev–Trinajstić information content (AvgIpc) is 0. The normalized spacial score (nSPS) is 0. The predicted molar refractivity (Wildman–Crippen MR) is 4.99 cm³/mol. The Morgan fingerprint density at radius 3 is 0.750 bits per heavy atom. The molecule has 0 aliphatic carbocycles. The molecule has 0 aliphatic heterocycles. The molecule has 2 N–H and O–H groups in total. The molecule has 0 bridgehead atoms. The van der Waals surface area contributed by atoms with Crippen LogP contribution in [-0.2, 0) is 11.0 Å². The predicted octanol–water partition coefficient (Wildman–Crippen LogP) is -1.06. The van der Waals surface area contributed by atoms with Crippen LogP contribution in [0.25, 0.3) is 0 Å². The van der Waals surface area contributed by atoms with Gasteiger partial charge < -0.3 is 16.4 Å². The van der Waals surface area contributed by atoms with Gasteiger partial charge in [-0.2, -0.15) is 0 Å². The van der Waals surface area contributed by atoms with Crippen LogP contribution >= 0.6 is 0 Å². The van der Waals surface area contributed by atoms with E-state index in [1.54, 1.807) is 0 Å². The van der Waals surface area contributed by atoms with E-state index in [4.69, 9.17) is 0 Å². The molecule has 0 saturated heterocycles. The minimum absolute atomic E-state index is 0. The van der Waals surface area contributed by atoms with Gasteiger partial charge in [-0.15, -0.1) is 0 Å². The monoisotopic (exact) mass is 288 g/mol. The zero-order valence-electron chi connectivity index (χ0n) is 1.72. The summed E-state index contributed by atoms with van der Waals surface area (Å²) >= 11 is 0. The molecule has 4 heteroatoms. The van der Waals surface area contributed by atoms with E-state index < -0.39 is 0 Å².